The number of halogens is 1. The first-order valence-corrected chi connectivity index (χ1v) is 20.9. The molecule has 0 spiro atoms. The van der Waals surface area contributed by atoms with Crippen molar-refractivity contribution in [2.75, 3.05) is 65.9 Å². The van der Waals surface area contributed by atoms with Gasteiger partial charge in [-0.2, -0.15) is 16.8 Å². The van der Waals surface area contributed by atoms with Crippen LogP contribution in [0.1, 0.15) is 22.6 Å². The third-order valence-corrected chi connectivity index (χ3v) is 12.3. The average molecular weight is 753 g/mol. The molecule has 0 saturated carbocycles. The van der Waals surface area contributed by atoms with Crippen molar-refractivity contribution in [1.29, 1.82) is 0 Å². The van der Waals surface area contributed by atoms with Crippen molar-refractivity contribution in [1.82, 2.24) is 0 Å². The fourth-order valence-electron chi connectivity index (χ4n) is 4.98. The lowest BCUT2D eigenvalue weighted by Crippen LogP contribution is -2.28. The maximum Gasteiger partial charge on any atom is 0.397 e. The van der Waals surface area contributed by atoms with Crippen molar-refractivity contribution < 1.29 is 51.7 Å². The number of hydrogen-bond acceptors (Lipinski definition) is 12. The first kappa shape index (κ1) is 36.9. The smallest absolute Gasteiger partial charge is 0.397 e. The molecule has 3 aromatic carbocycles. The Morgan fingerprint density at radius 2 is 1.45 bits per heavy atom. The molecule has 3 N–H and O–H groups in total. The van der Waals surface area contributed by atoms with Gasteiger partial charge in [0.05, 0.1) is 34.5 Å². The summed E-state index contributed by atoms with van der Waals surface area (Å²) in [6, 6.07) is 16.1. The normalized spacial score (nSPS) is 14.9. The van der Waals surface area contributed by atoms with Gasteiger partial charge >= 0.3 is 10.4 Å². The van der Waals surface area contributed by atoms with Gasteiger partial charge in [0.25, 0.3) is 10.1 Å². The number of nitrogens with zero attached hydrogens (tertiary/aromatic N) is 1. The van der Waals surface area contributed by atoms with Crippen LogP contribution in [-0.4, -0.2) is 98.4 Å². The van der Waals surface area contributed by atoms with Gasteiger partial charge in [0.2, 0.25) is 0 Å². The lowest BCUT2D eigenvalue weighted by molar-refractivity contribution is 0.284. The molecule has 14 nitrogen and oxygen atoms in total. The number of benzene rings is 3. The van der Waals surface area contributed by atoms with Gasteiger partial charge in [-0.15, -0.1) is 11.6 Å². The highest BCUT2D eigenvalue weighted by Crippen LogP contribution is 2.50. The second-order valence-electron chi connectivity index (χ2n) is 10.6. The van der Waals surface area contributed by atoms with Crippen LogP contribution in [0.4, 0.5) is 11.4 Å². The molecule has 19 heteroatoms. The van der Waals surface area contributed by atoms with Gasteiger partial charge in [0, 0.05) is 66.6 Å². The maximum atomic E-state index is 12.4. The van der Waals surface area contributed by atoms with E-state index in [-0.39, 0.29) is 46.7 Å². The largest absolute Gasteiger partial charge is 0.457 e. The summed E-state index contributed by atoms with van der Waals surface area (Å²) >= 11 is 5.58. The van der Waals surface area contributed by atoms with Gasteiger partial charge in [-0.05, 0) is 23.8 Å². The van der Waals surface area contributed by atoms with E-state index < -0.39 is 58.5 Å². The van der Waals surface area contributed by atoms with Crippen molar-refractivity contribution in [3.63, 3.8) is 0 Å². The molecule has 1 aliphatic rings. The van der Waals surface area contributed by atoms with Gasteiger partial charge in [-0.1, -0.05) is 30.3 Å². The van der Waals surface area contributed by atoms with E-state index in [1.165, 1.54) is 12.1 Å². The zero-order valence-corrected chi connectivity index (χ0v) is 29.0. The monoisotopic (exact) mass is 752 g/mol. The lowest BCUT2D eigenvalue weighted by atomic mass is 9.82. The predicted molar refractivity (Wildman–Crippen MR) is 177 cm³/mol. The van der Waals surface area contributed by atoms with Gasteiger partial charge in [0.15, 0.2) is 19.7 Å². The summed E-state index contributed by atoms with van der Waals surface area (Å²) in [5.41, 5.74) is 2.50. The van der Waals surface area contributed by atoms with Crippen LogP contribution >= 0.6 is 11.6 Å². The summed E-state index contributed by atoms with van der Waals surface area (Å²) in [6.45, 7) is -0.633. The zero-order chi connectivity index (χ0) is 34.6. The van der Waals surface area contributed by atoms with E-state index in [2.05, 4.69) is 9.50 Å². The quantitative estimate of drug-likeness (QED) is 0.111. The molecule has 4 rings (SSSR count). The molecule has 1 aliphatic heterocycles. The Morgan fingerprint density at radius 3 is 2.11 bits per heavy atom. The number of anilines is 2. The lowest BCUT2D eigenvalue weighted by Gasteiger charge is -2.31. The first-order chi connectivity index (χ1) is 21.9. The summed E-state index contributed by atoms with van der Waals surface area (Å²) in [4.78, 5) is 1.33. The Morgan fingerprint density at radius 1 is 0.809 bits per heavy atom. The molecular weight excluding hydrogens is 720 g/mol. The van der Waals surface area contributed by atoms with E-state index >= 15 is 0 Å². The minimum atomic E-state index is -4.77. The summed E-state index contributed by atoms with van der Waals surface area (Å²) in [6.07, 6.45) is 0. The van der Waals surface area contributed by atoms with Crippen molar-refractivity contribution in [2.45, 2.75) is 10.8 Å². The van der Waals surface area contributed by atoms with E-state index in [1.807, 2.05) is 0 Å². The molecule has 0 fully saturated rings. The summed E-state index contributed by atoms with van der Waals surface area (Å²) in [7, 11) is -14.9. The maximum absolute atomic E-state index is 12.4. The van der Waals surface area contributed by atoms with Crippen LogP contribution in [0.5, 0.6) is 11.5 Å². The van der Waals surface area contributed by atoms with Crippen molar-refractivity contribution in [3.05, 3.63) is 77.4 Å². The zero-order valence-electron chi connectivity index (χ0n) is 24.9. The molecule has 3 aromatic rings. The van der Waals surface area contributed by atoms with Crippen LogP contribution in [0.2, 0.25) is 0 Å². The third-order valence-electron chi connectivity index (χ3n) is 7.30. The molecule has 0 aliphatic carbocycles. The topological polar surface area (TPSA) is 211 Å². The molecular formula is C28H33ClN2O12S4. The molecule has 0 saturated heterocycles. The molecule has 1 heterocycles. The molecule has 47 heavy (non-hydrogen) atoms. The minimum absolute atomic E-state index is 0.000700. The molecule has 0 aromatic heterocycles. The Balaban J connectivity index is 1.65. The van der Waals surface area contributed by atoms with E-state index in [0.29, 0.717) is 34.0 Å². The van der Waals surface area contributed by atoms with Crippen molar-refractivity contribution in [3.8, 4) is 11.5 Å². The molecule has 0 bridgehead atoms. The third kappa shape index (κ3) is 10.0. The number of nitrogens with one attached hydrogen (secondary N) is 1. The highest BCUT2D eigenvalue weighted by atomic mass is 35.5. The molecule has 0 amide bonds. The van der Waals surface area contributed by atoms with Crippen LogP contribution in [0.15, 0.2) is 65.6 Å². The van der Waals surface area contributed by atoms with Gasteiger partial charge in [-0.25, -0.2) is 21.0 Å². The molecule has 1 unspecified atom stereocenters. The van der Waals surface area contributed by atoms with Crippen molar-refractivity contribution in [2.24, 2.45) is 0 Å². The summed E-state index contributed by atoms with van der Waals surface area (Å²) < 4.78 is 124. The fourth-order valence-corrected chi connectivity index (χ4v) is 8.76. The van der Waals surface area contributed by atoms with Crippen LogP contribution in [-0.2, 0) is 44.4 Å². The Kier molecular flexibility index (Phi) is 11.5. The standard InChI is InChI=1S/C28H33ClN2O12S4/c1-31(12-16-45(34,35)17-13-42-47(39,40)41)21-7-9-23-26(19-21)43-25-18-20(30-11-15-44(32,33)14-10-29)6-8-22(25)28(23)24-4-2-3-5-27(24)46(36,37)38/h2-9,18-19,28,30H,10-17H2,1H3,(H,36,37,38)(H,39,40,41). The Hall–Kier alpha value is -2.97. The van der Waals surface area contributed by atoms with E-state index in [1.54, 1.807) is 60.5 Å². The van der Waals surface area contributed by atoms with E-state index in [4.69, 9.17) is 20.9 Å². The van der Waals surface area contributed by atoms with Crippen LogP contribution in [0.25, 0.3) is 0 Å². The van der Waals surface area contributed by atoms with Crippen LogP contribution in [0.3, 0.4) is 0 Å². The average Bonchev–Trinajstić information content (AvgIpc) is 2.97. The summed E-state index contributed by atoms with van der Waals surface area (Å²) in [5, 5.41) is 3.05. The van der Waals surface area contributed by atoms with E-state index in [9.17, 15) is 38.2 Å². The van der Waals surface area contributed by atoms with Crippen molar-refractivity contribution >= 4 is 63.2 Å². The highest BCUT2D eigenvalue weighted by Gasteiger charge is 2.33. The van der Waals surface area contributed by atoms with Crippen LogP contribution < -0.4 is 15.0 Å². The number of hydrogen-bond donors (Lipinski definition) is 3. The number of ether oxygens (including phenoxy) is 1. The molecule has 258 valence electrons. The second kappa shape index (κ2) is 14.7. The summed E-state index contributed by atoms with van der Waals surface area (Å²) in [5.74, 6) is -1.36. The minimum Gasteiger partial charge on any atom is -0.457 e. The number of alkyl halides is 1. The SMILES string of the molecule is CN(CCS(=O)(=O)CCOS(=O)(=O)O)c1ccc2c(c1)Oc1cc(NCCS(=O)(=O)CCCl)ccc1C2c1ccccc1S(=O)(=O)O. The van der Waals surface area contributed by atoms with Gasteiger partial charge < -0.3 is 15.0 Å². The first-order valence-electron chi connectivity index (χ1n) is 13.9. The fraction of sp³-hybridized carbons (Fsp3) is 0.357. The molecule has 1 atom stereocenters. The van der Waals surface area contributed by atoms with E-state index in [0.717, 1.165) is 0 Å². The Labute approximate surface area is 279 Å². The second-order valence-corrected chi connectivity index (χ2v) is 18.1. The Bertz CT molecular complexity index is 2060. The van der Waals surface area contributed by atoms with Gasteiger partial charge in [0.1, 0.15) is 11.5 Å². The van der Waals surface area contributed by atoms with Crippen LogP contribution in [0, 0.1) is 0 Å². The number of rotatable bonds is 16. The molecule has 0 radical (unpaired) electrons. The van der Waals surface area contributed by atoms with Gasteiger partial charge in [-0.3, -0.25) is 9.11 Å². The predicted octanol–water partition coefficient (Wildman–Crippen LogP) is 2.96. The highest BCUT2D eigenvalue weighted by molar-refractivity contribution is 7.91. The number of fused-ring (bicyclic) bond motifs is 2. The number of sulfone groups is 2.